The van der Waals surface area contributed by atoms with E-state index in [0.717, 1.165) is 6.42 Å². The van der Waals surface area contributed by atoms with E-state index in [-0.39, 0.29) is 29.9 Å². The normalized spacial score (nSPS) is 13.6. The van der Waals surface area contributed by atoms with E-state index >= 15 is 0 Å². The first-order valence-corrected chi connectivity index (χ1v) is 14.9. The number of carboxylic acids is 1. The van der Waals surface area contributed by atoms with Crippen LogP contribution >= 0.6 is 0 Å². The Morgan fingerprint density at radius 2 is 1.27 bits per heavy atom. The molecule has 0 aliphatic carbocycles. The molecule has 0 radical (unpaired) electrons. The summed E-state index contributed by atoms with van der Waals surface area (Å²) in [6, 6.07) is 0. The molecule has 0 saturated carbocycles. The van der Waals surface area contributed by atoms with Crippen molar-refractivity contribution >= 4 is 17.9 Å². The van der Waals surface area contributed by atoms with Gasteiger partial charge in [-0.1, -0.05) is 116 Å². The van der Waals surface area contributed by atoms with Gasteiger partial charge in [-0.05, 0) is 20.3 Å². The van der Waals surface area contributed by atoms with Crippen molar-refractivity contribution in [2.75, 3.05) is 19.8 Å². The molecule has 1 aliphatic rings. The van der Waals surface area contributed by atoms with E-state index in [9.17, 15) is 18.8 Å². The molecule has 8 heteroatoms. The molecule has 0 spiro atoms. The molecule has 1 aliphatic heterocycles. The molecule has 0 aromatic carbocycles. The van der Waals surface area contributed by atoms with Gasteiger partial charge in [0.15, 0.2) is 0 Å². The third kappa shape index (κ3) is 31.7. The highest BCUT2D eigenvalue weighted by atomic mass is 19.1. The van der Waals surface area contributed by atoms with E-state index in [1.165, 1.54) is 109 Å². The van der Waals surface area contributed by atoms with E-state index in [2.05, 4.69) is 20.1 Å². The fourth-order valence-corrected chi connectivity index (χ4v) is 3.38. The van der Waals surface area contributed by atoms with Gasteiger partial charge in [0.2, 0.25) is 0 Å². The summed E-state index contributed by atoms with van der Waals surface area (Å²) in [5, 5.41) is 7.87. The fraction of sp³-hybridized carbons (Fsp3) is 0.719. The monoisotopic (exact) mass is 570 g/mol. The lowest BCUT2D eigenvalue weighted by Crippen LogP contribution is -2.09. The number of hydrogen-bond acceptors (Lipinski definition) is 6. The first-order valence-electron chi connectivity index (χ1n) is 14.9. The van der Waals surface area contributed by atoms with Crippen LogP contribution in [0, 0.1) is 0 Å². The summed E-state index contributed by atoms with van der Waals surface area (Å²) in [5.41, 5.74) is 0.153. The van der Waals surface area contributed by atoms with Crippen LogP contribution in [0.3, 0.4) is 0 Å². The summed E-state index contributed by atoms with van der Waals surface area (Å²) in [6.07, 6.45) is 23.2. The standard InChI is InChI=1S/C21H40O2.C7H10O3.C4H5FO2/c1-3-5-6-7-8-9-10-11-12-13-14-15-16-17-18-19-20-23-21(22)4-2;1-5(2)7(8)10-4-6-3-9-6;1-3(2-5)4(6)7/h4H,2-3,5-20H2,1H3;6H,1,3-4H2,2H3;2H,1H3,(H,6,7). The summed E-state index contributed by atoms with van der Waals surface area (Å²) >= 11 is 0. The maximum atomic E-state index is 11.1. The highest BCUT2D eigenvalue weighted by Crippen LogP contribution is 2.13. The van der Waals surface area contributed by atoms with E-state index in [0.29, 0.717) is 25.4 Å². The van der Waals surface area contributed by atoms with Crippen molar-refractivity contribution in [3.05, 3.63) is 36.7 Å². The summed E-state index contributed by atoms with van der Waals surface area (Å²) in [5.74, 6) is -1.86. The van der Waals surface area contributed by atoms with Crippen LogP contribution in [0.2, 0.25) is 0 Å². The molecule has 0 aromatic rings. The lowest BCUT2D eigenvalue weighted by atomic mass is 10.0. The Bertz CT molecular complexity index is 714. The average molecular weight is 571 g/mol. The zero-order chi connectivity index (χ0) is 30.4. The number of epoxide rings is 1. The van der Waals surface area contributed by atoms with Crippen LogP contribution in [0.15, 0.2) is 36.7 Å². The van der Waals surface area contributed by atoms with E-state index < -0.39 is 5.97 Å². The smallest absolute Gasteiger partial charge is 0.333 e. The maximum Gasteiger partial charge on any atom is 0.333 e. The number of aliphatic carboxylic acids is 1. The fourth-order valence-electron chi connectivity index (χ4n) is 3.38. The third-order valence-electron chi connectivity index (χ3n) is 6.06. The van der Waals surface area contributed by atoms with Gasteiger partial charge in [-0.2, -0.15) is 0 Å². The molecule has 1 atom stereocenters. The van der Waals surface area contributed by atoms with Crippen LogP contribution < -0.4 is 0 Å². The van der Waals surface area contributed by atoms with Crippen LogP contribution in [0.4, 0.5) is 4.39 Å². The molecule has 232 valence electrons. The van der Waals surface area contributed by atoms with Gasteiger partial charge in [0.25, 0.3) is 0 Å². The van der Waals surface area contributed by atoms with Gasteiger partial charge in [-0.25, -0.2) is 18.8 Å². The number of hydrogen-bond donors (Lipinski definition) is 1. The molecule has 1 fully saturated rings. The zero-order valence-electron chi connectivity index (χ0n) is 25.4. The summed E-state index contributed by atoms with van der Waals surface area (Å²) in [6.45, 7) is 13.5. The van der Waals surface area contributed by atoms with Crippen molar-refractivity contribution in [2.24, 2.45) is 0 Å². The number of ether oxygens (including phenoxy) is 3. The number of carbonyl (C=O) groups is 3. The topological polar surface area (TPSA) is 102 Å². The zero-order valence-corrected chi connectivity index (χ0v) is 25.4. The number of esters is 2. The van der Waals surface area contributed by atoms with E-state index in [1.54, 1.807) is 6.92 Å². The molecule has 7 nitrogen and oxygen atoms in total. The Morgan fingerprint density at radius 3 is 1.57 bits per heavy atom. The first-order chi connectivity index (χ1) is 19.2. The van der Waals surface area contributed by atoms with Crippen LogP contribution in [0.1, 0.15) is 124 Å². The second kappa shape index (κ2) is 29.5. The largest absolute Gasteiger partial charge is 0.478 e. The molecular weight excluding hydrogens is 515 g/mol. The van der Waals surface area contributed by atoms with Gasteiger partial charge in [-0.3, -0.25) is 0 Å². The van der Waals surface area contributed by atoms with Gasteiger partial charge in [-0.15, -0.1) is 0 Å². The lowest BCUT2D eigenvalue weighted by molar-refractivity contribution is -0.139. The summed E-state index contributed by atoms with van der Waals surface area (Å²) in [7, 11) is 0. The van der Waals surface area contributed by atoms with Crippen LogP contribution in [0.25, 0.3) is 0 Å². The minimum atomic E-state index is -1.22. The molecule has 1 heterocycles. The van der Waals surface area contributed by atoms with Crippen LogP contribution in [0.5, 0.6) is 0 Å². The van der Waals surface area contributed by atoms with E-state index in [4.69, 9.17) is 19.3 Å². The molecule has 1 rings (SSSR count). The van der Waals surface area contributed by atoms with Gasteiger partial charge in [0.05, 0.1) is 25.1 Å². The molecular formula is C32H55FO7. The van der Waals surface area contributed by atoms with Gasteiger partial charge in [0, 0.05) is 11.6 Å². The van der Waals surface area contributed by atoms with Crippen molar-refractivity contribution in [3.8, 4) is 0 Å². The third-order valence-corrected chi connectivity index (χ3v) is 6.06. The second-order valence-corrected chi connectivity index (χ2v) is 10.1. The number of halogens is 1. The number of unbranched alkanes of at least 4 members (excludes halogenated alkanes) is 15. The highest BCUT2D eigenvalue weighted by Gasteiger charge is 2.24. The predicted molar refractivity (Wildman–Crippen MR) is 159 cm³/mol. The number of carbonyl (C=O) groups excluding carboxylic acids is 2. The minimum absolute atomic E-state index is 0.0579. The first kappa shape index (κ1) is 39.7. The summed E-state index contributed by atoms with van der Waals surface area (Å²) in [4.78, 5) is 31.2. The molecule has 0 bridgehead atoms. The molecule has 1 saturated heterocycles. The van der Waals surface area contributed by atoms with Gasteiger partial charge < -0.3 is 19.3 Å². The van der Waals surface area contributed by atoms with Crippen LogP contribution in [-0.2, 0) is 28.6 Å². The summed E-state index contributed by atoms with van der Waals surface area (Å²) < 4.78 is 25.6. The van der Waals surface area contributed by atoms with Crippen LogP contribution in [-0.4, -0.2) is 48.9 Å². The minimum Gasteiger partial charge on any atom is -0.478 e. The molecule has 1 unspecified atom stereocenters. The molecule has 0 amide bonds. The second-order valence-electron chi connectivity index (χ2n) is 10.1. The Kier molecular flexibility index (Phi) is 29.3. The Morgan fingerprint density at radius 1 is 0.850 bits per heavy atom. The molecule has 40 heavy (non-hydrogen) atoms. The number of carboxylic acid groups (broad SMARTS) is 1. The van der Waals surface area contributed by atoms with Crippen molar-refractivity contribution in [1.29, 1.82) is 0 Å². The highest BCUT2D eigenvalue weighted by molar-refractivity contribution is 5.87. The van der Waals surface area contributed by atoms with Crippen molar-refractivity contribution in [3.63, 3.8) is 0 Å². The van der Waals surface area contributed by atoms with E-state index in [1.807, 2.05) is 0 Å². The SMILES string of the molecule is C=C(C)C(=O)OCC1CO1.C=CC(=O)OCCCCCCCCCCCCCCCCCC.CC(=CF)C(=O)O. The molecule has 1 N–H and O–H groups in total. The Balaban J connectivity index is 0. The van der Waals surface area contributed by atoms with Crippen molar-refractivity contribution in [1.82, 2.24) is 0 Å². The maximum absolute atomic E-state index is 11.1. The van der Waals surface area contributed by atoms with Crippen molar-refractivity contribution in [2.45, 2.75) is 130 Å². The number of rotatable bonds is 22. The van der Waals surface area contributed by atoms with Gasteiger partial charge in [0.1, 0.15) is 12.7 Å². The quantitative estimate of drug-likeness (QED) is 0.0603. The Labute approximate surface area is 242 Å². The average Bonchev–Trinajstić information content (AvgIpc) is 3.78. The Hall–Kier alpha value is -2.48. The molecule has 0 aromatic heterocycles. The predicted octanol–water partition coefficient (Wildman–Crippen LogP) is 8.43. The lowest BCUT2D eigenvalue weighted by Gasteiger charge is -2.04. The van der Waals surface area contributed by atoms with Crippen molar-refractivity contribution < 1.29 is 38.1 Å². The van der Waals surface area contributed by atoms with Gasteiger partial charge >= 0.3 is 17.9 Å².